The third kappa shape index (κ3) is 6.25. The molecule has 7 aromatic carbocycles. The number of para-hydroxylation sites is 2. The van der Waals surface area contributed by atoms with Gasteiger partial charge in [-0.05, 0) is 30.2 Å². The lowest BCUT2D eigenvalue weighted by molar-refractivity contribution is 0.673. The number of hydrogen-bond acceptors (Lipinski definition) is 5. The Morgan fingerprint density at radius 1 is 0.632 bits per heavy atom. The average molecular weight is 737 g/mol. The third-order valence-electron chi connectivity index (χ3n) is 10.4. The van der Waals surface area contributed by atoms with Gasteiger partial charge in [0, 0.05) is 44.6 Å². The van der Waals surface area contributed by atoms with E-state index in [1.165, 1.54) is 0 Å². The SMILES string of the molecule is CCC(/N=C(\N=C\c1cc2c3ccccc3oc2c2c3ccccc3n(-c3nc(-c4ccccc4)nc(-c4ccccc4)n3)c12)c1ccccc1)c1ccccc1. The Morgan fingerprint density at radius 2 is 1.21 bits per heavy atom. The van der Waals surface area contributed by atoms with Crippen molar-refractivity contribution >= 4 is 55.8 Å². The van der Waals surface area contributed by atoms with E-state index in [1.807, 2.05) is 115 Å². The molecule has 0 N–H and O–H groups in total. The summed E-state index contributed by atoms with van der Waals surface area (Å²) in [5.74, 6) is 2.30. The molecule has 1 atom stereocenters. The quantitative estimate of drug-likeness (QED) is 0.115. The van der Waals surface area contributed by atoms with Crippen molar-refractivity contribution in [3.05, 3.63) is 193 Å². The van der Waals surface area contributed by atoms with Crippen LogP contribution in [0.1, 0.15) is 36.1 Å². The second kappa shape index (κ2) is 14.6. The van der Waals surface area contributed by atoms with Crippen LogP contribution in [0.25, 0.3) is 72.5 Å². The second-order valence-corrected chi connectivity index (χ2v) is 13.9. The molecule has 0 spiro atoms. The van der Waals surface area contributed by atoms with Crippen molar-refractivity contribution in [2.45, 2.75) is 19.4 Å². The van der Waals surface area contributed by atoms with Crippen molar-refractivity contribution in [3.8, 4) is 28.7 Å². The zero-order chi connectivity index (χ0) is 38.1. The van der Waals surface area contributed by atoms with Crippen LogP contribution in [0.5, 0.6) is 0 Å². The number of benzene rings is 7. The molecule has 0 saturated heterocycles. The van der Waals surface area contributed by atoms with E-state index in [-0.39, 0.29) is 6.04 Å². The summed E-state index contributed by atoms with van der Waals surface area (Å²) in [7, 11) is 0. The Balaban J connectivity index is 1.28. The number of amidine groups is 1. The first-order chi connectivity index (χ1) is 28.2. The number of aromatic nitrogens is 4. The van der Waals surface area contributed by atoms with Crippen molar-refractivity contribution in [2.75, 3.05) is 0 Å². The summed E-state index contributed by atoms with van der Waals surface area (Å²) in [6.07, 6.45) is 2.77. The maximum Gasteiger partial charge on any atom is 0.238 e. The third-order valence-corrected chi connectivity index (χ3v) is 10.4. The molecule has 3 heterocycles. The second-order valence-electron chi connectivity index (χ2n) is 13.9. The van der Waals surface area contributed by atoms with Gasteiger partial charge in [0.15, 0.2) is 17.5 Å². The molecule has 10 aromatic rings. The fourth-order valence-corrected chi connectivity index (χ4v) is 7.69. The Labute approximate surface area is 329 Å². The fourth-order valence-electron chi connectivity index (χ4n) is 7.69. The van der Waals surface area contributed by atoms with Crippen LogP contribution in [0, 0.1) is 0 Å². The predicted octanol–water partition coefficient (Wildman–Crippen LogP) is 12.2. The van der Waals surface area contributed by atoms with Gasteiger partial charge in [-0.15, -0.1) is 0 Å². The summed E-state index contributed by atoms with van der Waals surface area (Å²) < 4.78 is 8.88. The predicted molar refractivity (Wildman–Crippen MR) is 232 cm³/mol. The minimum atomic E-state index is -0.0663. The highest BCUT2D eigenvalue weighted by molar-refractivity contribution is 6.27. The van der Waals surface area contributed by atoms with E-state index in [9.17, 15) is 0 Å². The van der Waals surface area contributed by atoms with Crippen LogP contribution >= 0.6 is 0 Å². The van der Waals surface area contributed by atoms with Gasteiger partial charge in [0.2, 0.25) is 5.95 Å². The number of hydrogen-bond donors (Lipinski definition) is 0. The Morgan fingerprint density at radius 3 is 1.88 bits per heavy atom. The van der Waals surface area contributed by atoms with E-state index < -0.39 is 0 Å². The van der Waals surface area contributed by atoms with Crippen molar-refractivity contribution in [1.82, 2.24) is 19.5 Å². The van der Waals surface area contributed by atoms with E-state index in [4.69, 9.17) is 29.4 Å². The van der Waals surface area contributed by atoms with Crippen molar-refractivity contribution in [2.24, 2.45) is 9.98 Å². The average Bonchev–Trinajstić information content (AvgIpc) is 3.84. The van der Waals surface area contributed by atoms with Gasteiger partial charge in [0.25, 0.3) is 0 Å². The normalized spacial score (nSPS) is 12.7. The summed E-state index contributed by atoms with van der Waals surface area (Å²) >= 11 is 0. The molecule has 0 aliphatic rings. The summed E-state index contributed by atoms with van der Waals surface area (Å²) in [6.45, 7) is 2.16. The smallest absolute Gasteiger partial charge is 0.238 e. The molecule has 3 aromatic heterocycles. The molecule has 0 aliphatic heterocycles. The van der Waals surface area contributed by atoms with Crippen molar-refractivity contribution in [3.63, 3.8) is 0 Å². The molecular weight excluding hydrogens is 701 g/mol. The Hall–Kier alpha value is -7.51. The van der Waals surface area contributed by atoms with Crippen LogP contribution < -0.4 is 0 Å². The van der Waals surface area contributed by atoms with E-state index in [1.54, 1.807) is 0 Å². The first-order valence-corrected chi connectivity index (χ1v) is 19.2. The van der Waals surface area contributed by atoms with Gasteiger partial charge in [0.1, 0.15) is 11.2 Å². The van der Waals surface area contributed by atoms with Gasteiger partial charge >= 0.3 is 0 Å². The lowest BCUT2D eigenvalue weighted by Crippen LogP contribution is -2.08. The molecule has 0 aliphatic carbocycles. The van der Waals surface area contributed by atoms with Crippen molar-refractivity contribution in [1.29, 1.82) is 0 Å². The van der Waals surface area contributed by atoms with Gasteiger partial charge in [-0.25, -0.2) is 9.98 Å². The Kier molecular flexibility index (Phi) is 8.72. The monoisotopic (exact) mass is 736 g/mol. The minimum Gasteiger partial charge on any atom is -0.455 e. The largest absolute Gasteiger partial charge is 0.455 e. The van der Waals surface area contributed by atoms with Gasteiger partial charge in [-0.3, -0.25) is 9.56 Å². The molecule has 0 fully saturated rings. The first kappa shape index (κ1) is 34.0. The summed E-state index contributed by atoms with van der Waals surface area (Å²) in [5, 5.41) is 4.01. The standard InChI is InChI=1S/C50H36N6O/c1-2-41(33-19-7-3-8-20-33)52-47(34-21-9-4-10-22-34)51-32-37-31-40-38-27-16-18-30-43(38)57-46(40)44-39-28-15-17-29-42(39)56(45(37)44)50-54-48(35-23-11-5-12-24-35)53-49(55-50)36-25-13-6-14-26-36/h3-32,41H,2H2,1H3/b51-32+,52-47-. The molecular formula is C50H36N6O. The van der Waals surface area contributed by atoms with Gasteiger partial charge in [-0.2, -0.15) is 9.97 Å². The molecule has 0 amide bonds. The highest BCUT2D eigenvalue weighted by Crippen LogP contribution is 2.42. The van der Waals surface area contributed by atoms with Crippen LogP contribution in [0.15, 0.2) is 190 Å². The minimum absolute atomic E-state index is 0.0663. The van der Waals surface area contributed by atoms with Gasteiger partial charge < -0.3 is 4.42 Å². The summed E-state index contributed by atoms with van der Waals surface area (Å²) in [4.78, 5) is 26.0. The summed E-state index contributed by atoms with van der Waals surface area (Å²) in [6, 6.07) is 59.4. The molecule has 0 bridgehead atoms. The highest BCUT2D eigenvalue weighted by Gasteiger charge is 2.24. The number of furan rings is 1. The molecule has 10 rings (SSSR count). The van der Waals surface area contributed by atoms with Crippen molar-refractivity contribution < 1.29 is 4.42 Å². The number of fused-ring (bicyclic) bond motifs is 7. The first-order valence-electron chi connectivity index (χ1n) is 19.2. The van der Waals surface area contributed by atoms with Gasteiger partial charge in [-0.1, -0.05) is 165 Å². The number of aliphatic imine (C=N–C) groups is 2. The van der Waals surface area contributed by atoms with Crippen LogP contribution in [0.3, 0.4) is 0 Å². The van der Waals surface area contributed by atoms with Gasteiger partial charge in [0.05, 0.1) is 22.5 Å². The fraction of sp³-hybridized carbons (Fsp3) is 0.0600. The molecule has 0 radical (unpaired) electrons. The van der Waals surface area contributed by atoms with Crippen LogP contribution in [0.4, 0.5) is 0 Å². The van der Waals surface area contributed by atoms with Crippen LogP contribution in [-0.2, 0) is 0 Å². The van der Waals surface area contributed by atoms with Crippen LogP contribution in [-0.4, -0.2) is 31.6 Å². The molecule has 1 unspecified atom stereocenters. The number of rotatable bonds is 8. The van der Waals surface area contributed by atoms with E-state index in [0.717, 1.165) is 78.0 Å². The zero-order valence-electron chi connectivity index (χ0n) is 31.2. The molecule has 272 valence electrons. The summed E-state index contributed by atoms with van der Waals surface area (Å²) in [5.41, 5.74) is 8.18. The lowest BCUT2D eigenvalue weighted by Gasteiger charge is -2.13. The number of nitrogens with zero attached hydrogens (tertiary/aromatic N) is 6. The van der Waals surface area contributed by atoms with Crippen LogP contribution in [0.2, 0.25) is 0 Å². The highest BCUT2D eigenvalue weighted by atomic mass is 16.3. The van der Waals surface area contributed by atoms with E-state index in [2.05, 4.69) is 78.2 Å². The zero-order valence-corrected chi connectivity index (χ0v) is 31.2. The maximum atomic E-state index is 6.74. The molecule has 57 heavy (non-hydrogen) atoms. The lowest BCUT2D eigenvalue weighted by atomic mass is 10.0. The topological polar surface area (TPSA) is 81.5 Å². The van der Waals surface area contributed by atoms with E-state index in [0.29, 0.717) is 23.4 Å². The van der Waals surface area contributed by atoms with E-state index >= 15 is 0 Å². The Bertz CT molecular complexity index is 3040. The maximum absolute atomic E-state index is 6.74. The molecule has 7 nitrogen and oxygen atoms in total. The molecule has 0 saturated carbocycles. The molecule has 7 heteroatoms.